The lowest BCUT2D eigenvalue weighted by Crippen LogP contribution is -2.55. The van der Waals surface area contributed by atoms with Crippen LogP contribution in [0.4, 0.5) is 0 Å². The van der Waals surface area contributed by atoms with Crippen molar-refractivity contribution in [1.29, 1.82) is 0 Å². The fraction of sp³-hybridized carbons (Fsp3) is 0.611. The molecule has 3 unspecified atom stereocenters. The molecule has 0 aromatic heterocycles. The van der Waals surface area contributed by atoms with Gasteiger partial charge in [-0.1, -0.05) is 77.1 Å². The molecular formula is C36H52O5. The number of hydrogen-bond donors (Lipinski definition) is 1. The van der Waals surface area contributed by atoms with Gasteiger partial charge in [-0.3, -0.25) is 9.59 Å². The Morgan fingerprint density at radius 3 is 1.88 bits per heavy atom. The predicted molar refractivity (Wildman–Crippen MR) is 165 cm³/mol. The first kappa shape index (κ1) is 32.7. The van der Waals surface area contributed by atoms with Crippen molar-refractivity contribution in [3.05, 3.63) is 65.7 Å². The Kier molecular flexibility index (Phi) is 9.72. The van der Waals surface area contributed by atoms with Crippen LogP contribution in [-0.2, 0) is 24.7 Å². The van der Waals surface area contributed by atoms with Gasteiger partial charge in [0.05, 0.1) is 10.8 Å². The first-order valence-electron chi connectivity index (χ1n) is 15.4. The maximum absolute atomic E-state index is 14.5. The van der Waals surface area contributed by atoms with Gasteiger partial charge in [0.25, 0.3) is 0 Å². The molecule has 1 saturated carbocycles. The van der Waals surface area contributed by atoms with Crippen molar-refractivity contribution < 1.29 is 24.2 Å². The minimum atomic E-state index is -1.19. The lowest BCUT2D eigenvalue weighted by Gasteiger charge is -2.48. The van der Waals surface area contributed by atoms with E-state index in [1.807, 2.05) is 77.1 Å². The zero-order valence-corrected chi connectivity index (χ0v) is 26.8. The van der Waals surface area contributed by atoms with Crippen molar-refractivity contribution in [1.82, 2.24) is 0 Å². The summed E-state index contributed by atoms with van der Waals surface area (Å²) in [5, 5.41) is 9.90. The van der Waals surface area contributed by atoms with E-state index in [1.165, 1.54) is 0 Å². The van der Waals surface area contributed by atoms with E-state index in [2.05, 4.69) is 27.7 Å². The van der Waals surface area contributed by atoms with Gasteiger partial charge in [-0.2, -0.15) is 0 Å². The summed E-state index contributed by atoms with van der Waals surface area (Å²) in [7, 11) is 0. The molecule has 3 atom stereocenters. The summed E-state index contributed by atoms with van der Waals surface area (Å²) in [6.45, 7) is 18.1. The number of aromatic hydroxyl groups is 1. The average molecular weight is 565 g/mol. The molecule has 226 valence electrons. The molecular weight excluding hydrogens is 512 g/mol. The van der Waals surface area contributed by atoms with Gasteiger partial charge in [-0.05, 0) is 102 Å². The smallest absolute Gasteiger partial charge is 0.313 e. The number of ether oxygens (including phenoxy) is 2. The Labute approximate surface area is 248 Å². The number of carbonyl (C=O) groups is 2. The number of rotatable bonds is 11. The van der Waals surface area contributed by atoms with Crippen LogP contribution in [-0.4, -0.2) is 22.6 Å². The number of hydrogen-bond acceptors (Lipinski definition) is 5. The lowest BCUT2D eigenvalue weighted by atomic mass is 9.59. The number of phenols is 1. The van der Waals surface area contributed by atoms with Crippen LogP contribution < -0.4 is 0 Å². The second-order valence-corrected chi connectivity index (χ2v) is 14.0. The maximum Gasteiger partial charge on any atom is 0.313 e. The SMILES string of the molecule is CCC(CC(C)(C(=O)OC(C)(C)c1ccccc1)C(C)(CC)C(=O)OC1(C(C)(C)C)CCCC1)c1ccc(O)cc1. The highest BCUT2D eigenvalue weighted by molar-refractivity contribution is 5.88. The molecule has 0 bridgehead atoms. The summed E-state index contributed by atoms with van der Waals surface area (Å²) in [4.78, 5) is 29.0. The zero-order valence-electron chi connectivity index (χ0n) is 26.8. The van der Waals surface area contributed by atoms with Crippen LogP contribution in [0.5, 0.6) is 5.75 Å². The standard InChI is InChI=1S/C36H52O5/c1-10-26(27-19-21-29(37)22-20-27)25-35(9,31(39)40-33(6,7)28-17-13-12-14-18-28)34(8,11-2)30(38)41-36(32(3,4)5)23-15-16-24-36/h12-14,17-22,26,37H,10-11,15-16,23-25H2,1-9H3. The number of benzene rings is 2. The topological polar surface area (TPSA) is 72.8 Å². The van der Waals surface area contributed by atoms with Gasteiger partial charge in [-0.15, -0.1) is 0 Å². The molecule has 1 aliphatic rings. The number of phenolic OH excluding ortho intramolecular Hbond substituents is 1. The molecule has 2 aromatic rings. The van der Waals surface area contributed by atoms with Crippen molar-refractivity contribution in [2.45, 2.75) is 124 Å². The van der Waals surface area contributed by atoms with Crippen molar-refractivity contribution in [3.63, 3.8) is 0 Å². The van der Waals surface area contributed by atoms with Crippen LogP contribution >= 0.6 is 0 Å². The highest BCUT2D eigenvalue weighted by Crippen LogP contribution is 2.54. The van der Waals surface area contributed by atoms with Crippen LogP contribution in [0, 0.1) is 16.2 Å². The zero-order chi connectivity index (χ0) is 30.7. The van der Waals surface area contributed by atoms with E-state index in [1.54, 1.807) is 12.1 Å². The van der Waals surface area contributed by atoms with E-state index in [4.69, 9.17) is 9.47 Å². The Morgan fingerprint density at radius 1 is 0.829 bits per heavy atom. The van der Waals surface area contributed by atoms with Gasteiger partial charge in [0.1, 0.15) is 17.0 Å². The van der Waals surface area contributed by atoms with Crippen LogP contribution in [0.25, 0.3) is 0 Å². The van der Waals surface area contributed by atoms with E-state index in [-0.39, 0.29) is 23.1 Å². The van der Waals surface area contributed by atoms with Gasteiger partial charge in [-0.25, -0.2) is 0 Å². The fourth-order valence-electron chi connectivity index (χ4n) is 6.51. The largest absolute Gasteiger partial charge is 0.508 e. The molecule has 2 aromatic carbocycles. The molecule has 41 heavy (non-hydrogen) atoms. The summed E-state index contributed by atoms with van der Waals surface area (Å²) < 4.78 is 13.0. The van der Waals surface area contributed by atoms with Gasteiger partial charge in [0.2, 0.25) is 0 Å². The van der Waals surface area contributed by atoms with E-state index >= 15 is 0 Å². The second kappa shape index (κ2) is 12.2. The van der Waals surface area contributed by atoms with Crippen LogP contribution in [0.2, 0.25) is 0 Å². The number of carbonyl (C=O) groups excluding carboxylic acids is 2. The van der Waals surface area contributed by atoms with Gasteiger partial charge < -0.3 is 14.6 Å². The van der Waals surface area contributed by atoms with E-state index in [0.29, 0.717) is 12.8 Å². The maximum atomic E-state index is 14.5. The van der Waals surface area contributed by atoms with Crippen molar-refractivity contribution in [3.8, 4) is 5.75 Å². The van der Waals surface area contributed by atoms with E-state index in [9.17, 15) is 14.7 Å². The molecule has 1 N–H and O–H groups in total. The molecule has 0 radical (unpaired) electrons. The Bertz CT molecular complexity index is 1170. The molecule has 1 fully saturated rings. The van der Waals surface area contributed by atoms with Gasteiger partial charge in [0, 0.05) is 5.41 Å². The summed E-state index contributed by atoms with van der Waals surface area (Å²) in [6, 6.07) is 16.9. The Hall–Kier alpha value is -2.82. The third-order valence-corrected chi connectivity index (χ3v) is 10.2. The lowest BCUT2D eigenvalue weighted by molar-refractivity contribution is -0.203. The molecule has 0 amide bonds. The molecule has 0 spiro atoms. The number of esters is 2. The van der Waals surface area contributed by atoms with E-state index in [0.717, 1.165) is 43.2 Å². The Morgan fingerprint density at radius 2 is 1.39 bits per heavy atom. The third-order valence-electron chi connectivity index (χ3n) is 10.2. The van der Waals surface area contributed by atoms with Crippen LogP contribution in [0.15, 0.2) is 54.6 Å². The molecule has 3 rings (SSSR count). The minimum absolute atomic E-state index is 0.0327. The van der Waals surface area contributed by atoms with Crippen molar-refractivity contribution in [2.24, 2.45) is 16.2 Å². The average Bonchev–Trinajstić information content (AvgIpc) is 3.42. The normalized spacial score (nSPS) is 19.0. The van der Waals surface area contributed by atoms with Gasteiger partial charge in [0.15, 0.2) is 0 Å². The molecule has 0 heterocycles. The fourth-order valence-corrected chi connectivity index (χ4v) is 6.51. The predicted octanol–water partition coefficient (Wildman–Crippen LogP) is 9.08. The third kappa shape index (κ3) is 6.49. The monoisotopic (exact) mass is 564 g/mol. The molecule has 0 aliphatic heterocycles. The summed E-state index contributed by atoms with van der Waals surface area (Å²) >= 11 is 0. The molecule has 0 saturated heterocycles. The first-order valence-corrected chi connectivity index (χ1v) is 15.4. The molecule has 5 heteroatoms. The van der Waals surface area contributed by atoms with Crippen molar-refractivity contribution in [2.75, 3.05) is 0 Å². The quantitative estimate of drug-likeness (QED) is 0.276. The molecule has 5 nitrogen and oxygen atoms in total. The van der Waals surface area contributed by atoms with Gasteiger partial charge >= 0.3 is 11.9 Å². The van der Waals surface area contributed by atoms with Crippen molar-refractivity contribution >= 4 is 11.9 Å². The Balaban J connectivity index is 2.09. The second-order valence-electron chi connectivity index (χ2n) is 14.0. The van der Waals surface area contributed by atoms with Crippen LogP contribution in [0.3, 0.4) is 0 Å². The minimum Gasteiger partial charge on any atom is -0.508 e. The molecule has 1 aliphatic carbocycles. The van der Waals surface area contributed by atoms with E-state index < -0.39 is 28.0 Å². The van der Waals surface area contributed by atoms with Crippen LogP contribution in [0.1, 0.15) is 124 Å². The summed E-state index contributed by atoms with van der Waals surface area (Å²) in [6.07, 6.45) is 5.30. The summed E-state index contributed by atoms with van der Waals surface area (Å²) in [5.41, 5.74) is -2.10. The highest BCUT2D eigenvalue weighted by Gasteiger charge is 2.59. The highest BCUT2D eigenvalue weighted by atomic mass is 16.6. The first-order chi connectivity index (χ1) is 19.0. The summed E-state index contributed by atoms with van der Waals surface area (Å²) in [5.74, 6) is -0.563.